The van der Waals surface area contributed by atoms with Crippen LogP contribution in [0.25, 0.3) is 0 Å². The van der Waals surface area contributed by atoms with Gasteiger partial charge in [-0.15, -0.1) is 0 Å². The van der Waals surface area contributed by atoms with Crippen LogP contribution in [0.15, 0.2) is 12.2 Å². The molecule has 0 saturated heterocycles. The third-order valence-corrected chi connectivity index (χ3v) is 4.30. The Morgan fingerprint density at radius 2 is 2.00 bits per heavy atom. The average molecular weight is 180 g/mol. The van der Waals surface area contributed by atoms with Crippen molar-refractivity contribution in [3.05, 3.63) is 12.2 Å². The number of aliphatic hydroxyl groups excluding tert-OH is 1. The molecule has 6 atom stereocenters. The van der Waals surface area contributed by atoms with Crippen molar-refractivity contribution in [2.45, 2.75) is 31.5 Å². The van der Waals surface area contributed by atoms with Gasteiger partial charge in [-0.25, -0.2) is 0 Å². The molecule has 0 aromatic rings. The molecule has 2 saturated carbocycles. The van der Waals surface area contributed by atoms with Crippen LogP contribution < -0.4 is 0 Å². The maximum atomic E-state index is 10.2. The molecule has 0 aromatic carbocycles. The molecule has 0 aromatic heterocycles. The summed E-state index contributed by atoms with van der Waals surface area (Å²) in [6.07, 6.45) is 5.91. The molecule has 2 heteroatoms. The Bertz CT molecular complexity index is 269. The maximum absolute atomic E-state index is 10.2. The molecule has 0 radical (unpaired) electrons. The predicted molar refractivity (Wildman–Crippen MR) is 49.0 cm³/mol. The lowest BCUT2D eigenvalue weighted by Crippen LogP contribution is -2.36. The minimum absolute atomic E-state index is 0.123. The van der Waals surface area contributed by atoms with Crippen LogP contribution in [-0.4, -0.2) is 21.9 Å². The maximum Gasteiger partial charge on any atom is 0.0681 e. The summed E-state index contributed by atoms with van der Waals surface area (Å²) in [6.45, 7) is 1.88. The van der Waals surface area contributed by atoms with E-state index < -0.39 is 5.60 Å². The van der Waals surface area contributed by atoms with Crippen LogP contribution >= 0.6 is 0 Å². The van der Waals surface area contributed by atoms with Crippen molar-refractivity contribution in [1.82, 2.24) is 0 Å². The van der Waals surface area contributed by atoms with Gasteiger partial charge in [-0.05, 0) is 37.5 Å². The number of allylic oxidation sites excluding steroid dienone is 2. The van der Waals surface area contributed by atoms with Gasteiger partial charge in [0, 0.05) is 5.92 Å². The minimum atomic E-state index is -0.631. The topological polar surface area (TPSA) is 40.5 Å². The van der Waals surface area contributed by atoms with E-state index in [4.69, 9.17) is 0 Å². The van der Waals surface area contributed by atoms with Gasteiger partial charge >= 0.3 is 0 Å². The van der Waals surface area contributed by atoms with E-state index in [9.17, 15) is 10.2 Å². The van der Waals surface area contributed by atoms with Crippen LogP contribution in [-0.2, 0) is 0 Å². The highest BCUT2D eigenvalue weighted by Crippen LogP contribution is 2.58. The second kappa shape index (κ2) is 2.18. The molecule has 3 aliphatic carbocycles. The van der Waals surface area contributed by atoms with Crippen molar-refractivity contribution < 1.29 is 10.2 Å². The smallest absolute Gasteiger partial charge is 0.0681 e. The van der Waals surface area contributed by atoms with E-state index in [1.807, 2.05) is 6.92 Å². The molecule has 3 aliphatic rings. The SMILES string of the molecule is C[C@]1(O)C[C@H]2C=C[C@H]3C[C@@H](O)[C@H]1[C@H]23. The van der Waals surface area contributed by atoms with E-state index in [1.165, 1.54) is 0 Å². The van der Waals surface area contributed by atoms with E-state index >= 15 is 0 Å². The molecule has 0 spiro atoms. The van der Waals surface area contributed by atoms with Gasteiger partial charge < -0.3 is 10.2 Å². The Hall–Kier alpha value is -0.340. The van der Waals surface area contributed by atoms with Crippen LogP contribution in [0.3, 0.4) is 0 Å². The van der Waals surface area contributed by atoms with E-state index in [2.05, 4.69) is 12.2 Å². The highest BCUT2D eigenvalue weighted by atomic mass is 16.3. The summed E-state index contributed by atoms with van der Waals surface area (Å²) in [6, 6.07) is 0. The highest BCUT2D eigenvalue weighted by molar-refractivity contribution is 5.21. The first-order valence-corrected chi connectivity index (χ1v) is 5.18. The summed E-state index contributed by atoms with van der Waals surface area (Å²) in [5, 5.41) is 20.0. The molecule has 2 N–H and O–H groups in total. The summed E-state index contributed by atoms with van der Waals surface area (Å²) in [4.78, 5) is 0. The van der Waals surface area contributed by atoms with Crippen LogP contribution in [0.5, 0.6) is 0 Å². The van der Waals surface area contributed by atoms with Gasteiger partial charge in [0.1, 0.15) is 0 Å². The molecule has 0 heterocycles. The van der Waals surface area contributed by atoms with Crippen molar-refractivity contribution in [1.29, 1.82) is 0 Å². The second-order valence-electron chi connectivity index (χ2n) is 5.18. The first kappa shape index (κ1) is 8.01. The molecule has 13 heavy (non-hydrogen) atoms. The molecule has 0 bridgehead atoms. The van der Waals surface area contributed by atoms with Gasteiger partial charge in [-0.2, -0.15) is 0 Å². The predicted octanol–water partition coefficient (Wildman–Crippen LogP) is 0.940. The molecule has 3 rings (SSSR count). The number of aliphatic hydroxyl groups is 2. The average Bonchev–Trinajstić information content (AvgIpc) is 2.55. The number of hydrogen-bond donors (Lipinski definition) is 2. The van der Waals surface area contributed by atoms with E-state index in [0.29, 0.717) is 17.8 Å². The number of rotatable bonds is 0. The third-order valence-electron chi connectivity index (χ3n) is 4.30. The zero-order chi connectivity index (χ0) is 9.22. The summed E-state index contributed by atoms with van der Waals surface area (Å²) in [5.74, 6) is 1.73. The van der Waals surface area contributed by atoms with Crippen LogP contribution in [0.1, 0.15) is 19.8 Å². The van der Waals surface area contributed by atoms with Crippen LogP contribution in [0, 0.1) is 23.7 Å². The van der Waals surface area contributed by atoms with Crippen molar-refractivity contribution >= 4 is 0 Å². The summed E-state index contributed by atoms with van der Waals surface area (Å²) >= 11 is 0. The van der Waals surface area contributed by atoms with Gasteiger partial charge in [0.25, 0.3) is 0 Å². The molecular formula is C11H16O2. The zero-order valence-electron chi connectivity index (χ0n) is 7.85. The largest absolute Gasteiger partial charge is 0.393 e. The third kappa shape index (κ3) is 0.856. The van der Waals surface area contributed by atoms with Crippen molar-refractivity contribution in [3.8, 4) is 0 Å². The van der Waals surface area contributed by atoms with E-state index in [0.717, 1.165) is 12.8 Å². The van der Waals surface area contributed by atoms with Gasteiger partial charge in [-0.1, -0.05) is 12.2 Å². The molecular weight excluding hydrogens is 164 g/mol. The Kier molecular flexibility index (Phi) is 1.34. The summed E-state index contributed by atoms with van der Waals surface area (Å²) in [5.41, 5.74) is -0.631. The fraction of sp³-hybridized carbons (Fsp3) is 0.818. The molecule has 2 nitrogen and oxygen atoms in total. The highest BCUT2D eigenvalue weighted by Gasteiger charge is 2.59. The van der Waals surface area contributed by atoms with Gasteiger partial charge in [-0.3, -0.25) is 0 Å². The lowest BCUT2D eigenvalue weighted by Gasteiger charge is -2.27. The van der Waals surface area contributed by atoms with Crippen LogP contribution in [0.2, 0.25) is 0 Å². The van der Waals surface area contributed by atoms with Crippen LogP contribution in [0.4, 0.5) is 0 Å². The summed E-state index contributed by atoms with van der Waals surface area (Å²) < 4.78 is 0. The minimum Gasteiger partial charge on any atom is -0.393 e. The second-order valence-corrected chi connectivity index (χ2v) is 5.18. The fourth-order valence-corrected chi connectivity index (χ4v) is 3.96. The summed E-state index contributed by atoms with van der Waals surface area (Å²) in [7, 11) is 0. The lowest BCUT2D eigenvalue weighted by molar-refractivity contribution is -0.0338. The quantitative estimate of drug-likeness (QED) is 0.545. The first-order chi connectivity index (χ1) is 6.09. The lowest BCUT2D eigenvalue weighted by atomic mass is 9.86. The monoisotopic (exact) mass is 180 g/mol. The molecule has 0 aliphatic heterocycles. The standard InChI is InChI=1S/C11H16O2/c1-11(13)5-7-3-2-6-4-8(12)10(11)9(6)7/h2-3,6-10,12-13H,4-5H2,1H3/t6-,7+,8+,9-,10-,11-/m0/s1. The van der Waals surface area contributed by atoms with E-state index in [-0.39, 0.29) is 12.0 Å². The van der Waals surface area contributed by atoms with Gasteiger partial charge in [0.15, 0.2) is 0 Å². The van der Waals surface area contributed by atoms with Gasteiger partial charge in [0.2, 0.25) is 0 Å². The number of hydrogen-bond acceptors (Lipinski definition) is 2. The molecule has 2 fully saturated rings. The zero-order valence-corrected chi connectivity index (χ0v) is 7.85. The van der Waals surface area contributed by atoms with E-state index in [1.54, 1.807) is 0 Å². The Labute approximate surface area is 78.3 Å². The fourth-order valence-electron chi connectivity index (χ4n) is 3.96. The van der Waals surface area contributed by atoms with Crippen molar-refractivity contribution in [2.24, 2.45) is 23.7 Å². The Morgan fingerprint density at radius 3 is 2.77 bits per heavy atom. The molecule has 72 valence electrons. The normalized spacial score (nSPS) is 63.2. The van der Waals surface area contributed by atoms with Crippen molar-refractivity contribution in [3.63, 3.8) is 0 Å². The first-order valence-electron chi connectivity index (χ1n) is 5.18. The Balaban J connectivity index is 2.03. The van der Waals surface area contributed by atoms with Gasteiger partial charge in [0.05, 0.1) is 11.7 Å². The molecule has 0 amide bonds. The Morgan fingerprint density at radius 1 is 1.31 bits per heavy atom. The van der Waals surface area contributed by atoms with Crippen molar-refractivity contribution in [2.75, 3.05) is 0 Å². The molecule has 0 unspecified atom stereocenters.